The molecular weight excluding hydrogens is 540 g/mol. The molecule has 0 aliphatic carbocycles. The molecule has 4 aromatic rings. The molecule has 0 radical (unpaired) electrons. The Balaban J connectivity index is 1.77. The molecule has 0 unspecified atom stereocenters. The van der Waals surface area contributed by atoms with E-state index in [0.29, 0.717) is 45.0 Å². The zero-order valence-electron chi connectivity index (χ0n) is 21.2. The molecule has 0 saturated carbocycles. The van der Waals surface area contributed by atoms with Crippen LogP contribution in [0.25, 0.3) is 11.3 Å². The third-order valence-electron chi connectivity index (χ3n) is 5.29. The highest BCUT2D eigenvalue weighted by Gasteiger charge is 2.21. The number of rotatable bonds is 10. The molecule has 0 aliphatic rings. The highest BCUT2D eigenvalue weighted by molar-refractivity contribution is 7.99. The fraction of sp³-hybridized carbons (Fsp3) is 0.148. The number of ether oxygens (including phenoxy) is 3. The average Bonchev–Trinajstić information content (AvgIpc) is 2.95. The second kappa shape index (κ2) is 12.8. The number of benzene rings is 2. The first kappa shape index (κ1) is 27.5. The minimum absolute atomic E-state index is 0.00771. The van der Waals surface area contributed by atoms with Gasteiger partial charge in [0.2, 0.25) is 11.7 Å². The van der Waals surface area contributed by atoms with Crippen molar-refractivity contribution in [3.05, 3.63) is 71.4 Å². The van der Waals surface area contributed by atoms with Gasteiger partial charge in [-0.3, -0.25) is 4.79 Å². The number of carbonyl (C=O) groups excluding carboxylic acids is 1. The first-order valence-corrected chi connectivity index (χ1v) is 12.8. The zero-order valence-corrected chi connectivity index (χ0v) is 22.8. The Kier molecular flexibility index (Phi) is 9.04. The number of methoxy groups -OCH3 is 3. The largest absolute Gasteiger partial charge is 0.493 e. The Labute approximate surface area is 234 Å². The molecule has 0 bridgehead atoms. The molecule has 2 aromatic heterocycles. The van der Waals surface area contributed by atoms with Crippen molar-refractivity contribution in [1.82, 2.24) is 15.0 Å². The van der Waals surface area contributed by atoms with Gasteiger partial charge in [-0.2, -0.15) is 5.26 Å². The highest BCUT2D eigenvalue weighted by Crippen LogP contribution is 2.42. The minimum Gasteiger partial charge on any atom is -0.493 e. The van der Waals surface area contributed by atoms with Crippen LogP contribution in [0.15, 0.2) is 66.0 Å². The second-order valence-electron chi connectivity index (χ2n) is 7.79. The maximum Gasteiger partial charge on any atom is 0.236 e. The molecule has 0 saturated heterocycles. The molecule has 4 rings (SSSR count). The molecule has 0 fully saturated rings. The summed E-state index contributed by atoms with van der Waals surface area (Å²) < 4.78 is 16.4. The van der Waals surface area contributed by atoms with E-state index in [9.17, 15) is 10.1 Å². The summed E-state index contributed by atoms with van der Waals surface area (Å²) in [6.45, 7) is 0. The zero-order chi connectivity index (χ0) is 27.8. The van der Waals surface area contributed by atoms with E-state index in [2.05, 4.69) is 31.7 Å². The van der Waals surface area contributed by atoms with E-state index >= 15 is 0 Å². The first-order valence-electron chi connectivity index (χ1n) is 11.4. The van der Waals surface area contributed by atoms with Gasteiger partial charge in [-0.1, -0.05) is 35.5 Å². The SMILES string of the molecule is COc1cc(-c2nc(SCC(=O)Nc3ccccn3)nc(Nc3cccc(Cl)c3)c2C#N)cc(OC)c1OC. The van der Waals surface area contributed by atoms with Crippen molar-refractivity contribution in [1.29, 1.82) is 5.26 Å². The Morgan fingerprint density at radius 3 is 2.41 bits per heavy atom. The molecule has 0 aliphatic heterocycles. The molecule has 0 atom stereocenters. The van der Waals surface area contributed by atoms with E-state index in [1.54, 1.807) is 60.8 Å². The molecule has 2 aromatic carbocycles. The van der Waals surface area contributed by atoms with Crippen LogP contribution in [0, 0.1) is 11.3 Å². The van der Waals surface area contributed by atoms with Gasteiger partial charge in [0, 0.05) is 22.5 Å². The normalized spacial score (nSPS) is 10.3. The molecular formula is C27H23ClN6O4S. The van der Waals surface area contributed by atoms with E-state index in [1.807, 2.05) is 0 Å². The van der Waals surface area contributed by atoms with Crippen molar-refractivity contribution in [3.63, 3.8) is 0 Å². The third-order valence-corrected chi connectivity index (χ3v) is 6.37. The predicted molar refractivity (Wildman–Crippen MR) is 150 cm³/mol. The van der Waals surface area contributed by atoms with E-state index in [0.717, 1.165) is 11.8 Å². The molecule has 2 N–H and O–H groups in total. The van der Waals surface area contributed by atoms with Crippen molar-refractivity contribution in [2.75, 3.05) is 37.7 Å². The van der Waals surface area contributed by atoms with E-state index in [-0.39, 0.29) is 28.2 Å². The van der Waals surface area contributed by atoms with Crippen molar-refractivity contribution in [3.8, 4) is 34.6 Å². The van der Waals surface area contributed by atoms with E-state index in [4.69, 9.17) is 25.8 Å². The van der Waals surface area contributed by atoms with Gasteiger partial charge in [0.15, 0.2) is 22.5 Å². The lowest BCUT2D eigenvalue weighted by molar-refractivity contribution is -0.113. The smallest absolute Gasteiger partial charge is 0.236 e. The standard InChI is InChI=1S/C27H23ClN6O4S/c1-36-20-11-16(12-21(37-2)25(20)38-3)24-19(14-29)26(31-18-8-6-7-17(28)13-18)34-27(33-24)39-15-23(35)32-22-9-4-5-10-30-22/h4-13H,15H2,1-3H3,(H,30,32,35)(H,31,33,34). The number of hydrogen-bond donors (Lipinski definition) is 2. The summed E-state index contributed by atoms with van der Waals surface area (Å²) in [5, 5.41) is 16.8. The number of thioether (sulfide) groups is 1. The van der Waals surface area contributed by atoms with Gasteiger partial charge < -0.3 is 24.8 Å². The minimum atomic E-state index is -0.287. The first-order chi connectivity index (χ1) is 18.9. The average molecular weight is 563 g/mol. The number of carbonyl (C=O) groups is 1. The summed E-state index contributed by atoms with van der Waals surface area (Å²) in [7, 11) is 4.50. The van der Waals surface area contributed by atoms with Crippen LogP contribution >= 0.6 is 23.4 Å². The Bertz CT molecular complexity index is 1510. The van der Waals surface area contributed by atoms with Gasteiger partial charge in [0.1, 0.15) is 17.5 Å². The summed E-state index contributed by atoms with van der Waals surface area (Å²) in [4.78, 5) is 25.8. The molecule has 198 valence electrons. The lowest BCUT2D eigenvalue weighted by Crippen LogP contribution is -2.15. The van der Waals surface area contributed by atoms with Crippen LogP contribution in [0.2, 0.25) is 5.02 Å². The second-order valence-corrected chi connectivity index (χ2v) is 9.17. The van der Waals surface area contributed by atoms with Gasteiger partial charge >= 0.3 is 0 Å². The number of anilines is 3. The molecule has 10 nitrogen and oxygen atoms in total. The summed E-state index contributed by atoms with van der Waals surface area (Å²) in [5.74, 6) is 1.58. The number of hydrogen-bond acceptors (Lipinski definition) is 10. The number of pyridine rings is 1. The molecule has 39 heavy (non-hydrogen) atoms. The summed E-state index contributed by atoms with van der Waals surface area (Å²) >= 11 is 7.27. The van der Waals surface area contributed by atoms with E-state index in [1.165, 1.54) is 21.3 Å². The summed E-state index contributed by atoms with van der Waals surface area (Å²) in [6.07, 6.45) is 1.59. The van der Waals surface area contributed by atoms with Crippen LogP contribution in [0.5, 0.6) is 17.2 Å². The van der Waals surface area contributed by atoms with Gasteiger partial charge in [-0.05, 0) is 42.5 Å². The quantitative estimate of drug-likeness (QED) is 0.187. The van der Waals surface area contributed by atoms with Crippen LogP contribution < -0.4 is 24.8 Å². The molecule has 2 heterocycles. The van der Waals surface area contributed by atoms with Gasteiger partial charge in [0.05, 0.1) is 32.8 Å². The Hall–Kier alpha value is -4.53. The van der Waals surface area contributed by atoms with Crippen LogP contribution in [0.3, 0.4) is 0 Å². The summed E-state index contributed by atoms with van der Waals surface area (Å²) in [5.41, 5.74) is 1.63. The van der Waals surface area contributed by atoms with Crippen molar-refractivity contribution in [2.45, 2.75) is 5.16 Å². The number of amides is 1. The Morgan fingerprint density at radius 2 is 1.79 bits per heavy atom. The van der Waals surface area contributed by atoms with Crippen LogP contribution in [-0.2, 0) is 4.79 Å². The maximum atomic E-state index is 12.6. The summed E-state index contributed by atoms with van der Waals surface area (Å²) in [6, 6.07) is 17.8. The number of aromatic nitrogens is 3. The Morgan fingerprint density at radius 1 is 1.03 bits per heavy atom. The lowest BCUT2D eigenvalue weighted by Gasteiger charge is -2.16. The van der Waals surface area contributed by atoms with Crippen molar-refractivity contribution < 1.29 is 19.0 Å². The fourth-order valence-electron chi connectivity index (χ4n) is 3.58. The number of halogens is 1. The fourth-order valence-corrected chi connectivity index (χ4v) is 4.41. The van der Waals surface area contributed by atoms with Crippen LogP contribution in [-0.4, -0.2) is 47.9 Å². The highest BCUT2D eigenvalue weighted by atomic mass is 35.5. The van der Waals surface area contributed by atoms with Crippen LogP contribution in [0.1, 0.15) is 5.56 Å². The van der Waals surface area contributed by atoms with Crippen molar-refractivity contribution >= 4 is 46.6 Å². The topological polar surface area (TPSA) is 131 Å². The van der Waals surface area contributed by atoms with Gasteiger partial charge in [-0.25, -0.2) is 15.0 Å². The van der Waals surface area contributed by atoms with Crippen molar-refractivity contribution in [2.24, 2.45) is 0 Å². The third kappa shape index (κ3) is 6.67. The molecule has 0 spiro atoms. The number of nitrogens with zero attached hydrogens (tertiary/aromatic N) is 4. The molecule has 1 amide bonds. The maximum absolute atomic E-state index is 12.6. The van der Waals surface area contributed by atoms with Crippen LogP contribution in [0.4, 0.5) is 17.3 Å². The van der Waals surface area contributed by atoms with Gasteiger partial charge in [-0.15, -0.1) is 0 Å². The molecule has 12 heteroatoms. The monoisotopic (exact) mass is 562 g/mol. The van der Waals surface area contributed by atoms with Gasteiger partial charge in [0.25, 0.3) is 0 Å². The van der Waals surface area contributed by atoms with E-state index < -0.39 is 0 Å². The lowest BCUT2D eigenvalue weighted by atomic mass is 10.1. The predicted octanol–water partition coefficient (Wildman–Crippen LogP) is 5.56. The number of nitriles is 1. The number of nitrogens with one attached hydrogen (secondary N) is 2.